The Morgan fingerprint density at radius 3 is 2.86 bits per heavy atom. The number of carbonyl (C=O) groups excluding carboxylic acids is 1. The number of fused-ring (bicyclic) bond motifs is 1. The summed E-state index contributed by atoms with van der Waals surface area (Å²) in [5, 5.41) is 6.35. The fraction of sp³-hybridized carbons (Fsp3) is 0.312. The number of nitrogen functional groups attached to an aromatic ring is 1. The van der Waals surface area contributed by atoms with Gasteiger partial charge in [0, 0.05) is 21.9 Å². The van der Waals surface area contributed by atoms with Crippen LogP contribution in [0.3, 0.4) is 0 Å². The van der Waals surface area contributed by atoms with E-state index in [0.29, 0.717) is 12.1 Å². The smallest absolute Gasteiger partial charge is 0.224 e. The van der Waals surface area contributed by atoms with Gasteiger partial charge < -0.3 is 16.4 Å². The SMILES string of the molecule is Cc1ccc(C(C)Nc2cc3c(cc2N)NC(=O)CC3)s1. The normalized spacial score (nSPS) is 15.2. The van der Waals surface area contributed by atoms with E-state index >= 15 is 0 Å². The minimum absolute atomic E-state index is 0.0602. The lowest BCUT2D eigenvalue weighted by Gasteiger charge is -2.21. The molecular formula is C16H19N3OS. The summed E-state index contributed by atoms with van der Waals surface area (Å²) in [5.41, 5.74) is 9.69. The highest BCUT2D eigenvalue weighted by Crippen LogP contribution is 2.34. The van der Waals surface area contributed by atoms with Gasteiger partial charge in [0.1, 0.15) is 0 Å². The highest BCUT2D eigenvalue weighted by Gasteiger charge is 2.17. The lowest BCUT2D eigenvalue weighted by Crippen LogP contribution is -2.19. The van der Waals surface area contributed by atoms with Gasteiger partial charge in [-0.2, -0.15) is 0 Å². The maximum atomic E-state index is 11.4. The highest BCUT2D eigenvalue weighted by atomic mass is 32.1. The molecule has 0 spiro atoms. The molecule has 5 heteroatoms. The number of amides is 1. The van der Waals surface area contributed by atoms with Gasteiger partial charge >= 0.3 is 0 Å². The molecule has 110 valence electrons. The van der Waals surface area contributed by atoms with Crippen LogP contribution in [0.4, 0.5) is 17.1 Å². The van der Waals surface area contributed by atoms with E-state index in [9.17, 15) is 4.79 Å². The minimum atomic E-state index is 0.0602. The third kappa shape index (κ3) is 2.88. The van der Waals surface area contributed by atoms with Gasteiger partial charge in [-0.25, -0.2) is 0 Å². The van der Waals surface area contributed by atoms with E-state index in [0.717, 1.165) is 23.4 Å². The molecule has 1 aliphatic rings. The number of thiophene rings is 1. The van der Waals surface area contributed by atoms with E-state index in [4.69, 9.17) is 5.73 Å². The predicted octanol–water partition coefficient (Wildman–Crippen LogP) is 3.70. The molecule has 1 aliphatic heterocycles. The zero-order chi connectivity index (χ0) is 15.0. The average molecular weight is 301 g/mol. The largest absolute Gasteiger partial charge is 0.397 e. The van der Waals surface area contributed by atoms with Crippen LogP contribution in [0.1, 0.15) is 34.7 Å². The number of rotatable bonds is 3. The van der Waals surface area contributed by atoms with Crippen LogP contribution < -0.4 is 16.4 Å². The fourth-order valence-electron chi connectivity index (χ4n) is 2.56. The Morgan fingerprint density at radius 1 is 1.33 bits per heavy atom. The average Bonchev–Trinajstić information content (AvgIpc) is 2.86. The topological polar surface area (TPSA) is 67.2 Å². The zero-order valence-corrected chi connectivity index (χ0v) is 13.0. The summed E-state index contributed by atoms with van der Waals surface area (Å²) < 4.78 is 0. The predicted molar refractivity (Wildman–Crippen MR) is 88.9 cm³/mol. The van der Waals surface area contributed by atoms with E-state index < -0.39 is 0 Å². The number of nitrogens with two attached hydrogens (primary N) is 1. The Morgan fingerprint density at radius 2 is 2.14 bits per heavy atom. The van der Waals surface area contributed by atoms with Crippen molar-refractivity contribution in [3.63, 3.8) is 0 Å². The molecule has 1 aromatic heterocycles. The first-order valence-corrected chi connectivity index (χ1v) is 7.89. The Hall–Kier alpha value is -2.01. The fourth-order valence-corrected chi connectivity index (χ4v) is 3.44. The first-order valence-electron chi connectivity index (χ1n) is 7.08. The number of aryl methyl sites for hydroxylation is 2. The quantitative estimate of drug-likeness (QED) is 0.757. The Bertz CT molecular complexity index is 693. The number of carbonyl (C=O) groups is 1. The summed E-state index contributed by atoms with van der Waals surface area (Å²) >= 11 is 1.79. The summed E-state index contributed by atoms with van der Waals surface area (Å²) in [6.07, 6.45) is 1.30. The molecule has 1 aromatic carbocycles. The molecule has 0 saturated heterocycles. The Labute approximate surface area is 128 Å². The lowest BCUT2D eigenvalue weighted by atomic mass is 10.0. The number of hydrogen-bond acceptors (Lipinski definition) is 4. The highest BCUT2D eigenvalue weighted by molar-refractivity contribution is 7.12. The summed E-state index contributed by atoms with van der Waals surface area (Å²) in [7, 11) is 0. The van der Waals surface area contributed by atoms with Crippen molar-refractivity contribution >= 4 is 34.3 Å². The van der Waals surface area contributed by atoms with Crippen molar-refractivity contribution in [1.29, 1.82) is 0 Å². The zero-order valence-electron chi connectivity index (χ0n) is 12.2. The molecule has 0 fully saturated rings. The van der Waals surface area contributed by atoms with Crippen molar-refractivity contribution in [2.45, 2.75) is 32.7 Å². The van der Waals surface area contributed by atoms with E-state index in [1.807, 2.05) is 6.07 Å². The molecular weight excluding hydrogens is 282 g/mol. The molecule has 3 rings (SSSR count). The van der Waals surface area contributed by atoms with Gasteiger partial charge in [-0.3, -0.25) is 4.79 Å². The monoisotopic (exact) mass is 301 g/mol. The summed E-state index contributed by atoms with van der Waals surface area (Å²) in [6, 6.07) is 8.39. The number of nitrogens with one attached hydrogen (secondary N) is 2. The van der Waals surface area contributed by atoms with E-state index in [1.165, 1.54) is 9.75 Å². The van der Waals surface area contributed by atoms with E-state index in [2.05, 4.69) is 42.7 Å². The summed E-state index contributed by atoms with van der Waals surface area (Å²) in [5.74, 6) is 0.0602. The molecule has 2 heterocycles. The molecule has 4 N–H and O–H groups in total. The molecule has 0 bridgehead atoms. The number of benzene rings is 1. The first-order chi connectivity index (χ1) is 10.0. The summed E-state index contributed by atoms with van der Waals surface area (Å²) in [4.78, 5) is 14.0. The van der Waals surface area contributed by atoms with Crippen molar-refractivity contribution in [2.75, 3.05) is 16.4 Å². The molecule has 2 aromatic rings. The Balaban J connectivity index is 1.84. The van der Waals surface area contributed by atoms with Gasteiger partial charge in [0.05, 0.1) is 17.4 Å². The van der Waals surface area contributed by atoms with Gasteiger partial charge in [0.15, 0.2) is 0 Å². The van der Waals surface area contributed by atoms with Gasteiger partial charge in [0.2, 0.25) is 5.91 Å². The van der Waals surface area contributed by atoms with Gasteiger partial charge in [-0.1, -0.05) is 0 Å². The number of hydrogen-bond donors (Lipinski definition) is 3. The van der Waals surface area contributed by atoms with Crippen molar-refractivity contribution < 1.29 is 4.79 Å². The second-order valence-corrected chi connectivity index (χ2v) is 6.78. The van der Waals surface area contributed by atoms with Gasteiger partial charge in [-0.15, -0.1) is 11.3 Å². The standard InChI is InChI=1S/C16H19N3OS/c1-9-3-5-15(21-9)10(2)18-14-7-11-4-6-16(20)19-13(11)8-12(14)17/h3,5,7-8,10,18H,4,6,17H2,1-2H3,(H,19,20). The molecule has 0 saturated carbocycles. The minimum Gasteiger partial charge on any atom is -0.397 e. The van der Waals surface area contributed by atoms with Crippen molar-refractivity contribution in [2.24, 2.45) is 0 Å². The van der Waals surface area contributed by atoms with E-state index in [-0.39, 0.29) is 11.9 Å². The molecule has 4 nitrogen and oxygen atoms in total. The third-order valence-electron chi connectivity index (χ3n) is 3.73. The van der Waals surface area contributed by atoms with Crippen LogP contribution in [0.15, 0.2) is 24.3 Å². The van der Waals surface area contributed by atoms with Crippen molar-refractivity contribution in [3.8, 4) is 0 Å². The second-order valence-electron chi connectivity index (χ2n) is 5.46. The van der Waals surface area contributed by atoms with Crippen LogP contribution in [0.2, 0.25) is 0 Å². The molecule has 1 amide bonds. The molecule has 0 radical (unpaired) electrons. The van der Waals surface area contributed by atoms with Crippen LogP contribution in [0.25, 0.3) is 0 Å². The van der Waals surface area contributed by atoms with Gasteiger partial charge in [0.25, 0.3) is 0 Å². The van der Waals surface area contributed by atoms with Crippen LogP contribution in [0, 0.1) is 6.92 Å². The molecule has 1 atom stereocenters. The van der Waals surface area contributed by atoms with Crippen LogP contribution in [-0.2, 0) is 11.2 Å². The van der Waals surface area contributed by atoms with E-state index in [1.54, 1.807) is 11.3 Å². The molecule has 0 aliphatic carbocycles. The number of anilines is 3. The maximum absolute atomic E-state index is 11.4. The molecule has 21 heavy (non-hydrogen) atoms. The Kier molecular flexibility index (Phi) is 3.59. The lowest BCUT2D eigenvalue weighted by molar-refractivity contribution is -0.116. The van der Waals surface area contributed by atoms with Crippen LogP contribution >= 0.6 is 11.3 Å². The van der Waals surface area contributed by atoms with Gasteiger partial charge in [-0.05, 0) is 50.1 Å². The summed E-state index contributed by atoms with van der Waals surface area (Å²) in [6.45, 7) is 4.24. The third-order valence-corrected chi connectivity index (χ3v) is 4.91. The second kappa shape index (κ2) is 5.41. The first kappa shape index (κ1) is 13.9. The van der Waals surface area contributed by atoms with Crippen molar-refractivity contribution in [3.05, 3.63) is 39.6 Å². The van der Waals surface area contributed by atoms with Crippen molar-refractivity contribution in [1.82, 2.24) is 0 Å². The molecule has 1 unspecified atom stereocenters. The van der Waals surface area contributed by atoms with Crippen LogP contribution in [-0.4, -0.2) is 5.91 Å². The maximum Gasteiger partial charge on any atom is 0.224 e. The van der Waals surface area contributed by atoms with Crippen LogP contribution in [0.5, 0.6) is 0 Å².